The van der Waals surface area contributed by atoms with Gasteiger partial charge in [0.25, 0.3) is 0 Å². The Balaban J connectivity index is 1.85. The maximum atomic E-state index is 10.7. The van der Waals surface area contributed by atoms with E-state index in [1.54, 1.807) is 0 Å². The molecule has 0 aromatic rings. The van der Waals surface area contributed by atoms with E-state index in [9.17, 15) is 4.79 Å². The molecule has 4 saturated carbocycles. The van der Waals surface area contributed by atoms with Crippen LogP contribution in [0.1, 0.15) is 52.4 Å². The number of allylic oxidation sites excluding steroid dienone is 3. The third-order valence-electron chi connectivity index (χ3n) is 5.67. The van der Waals surface area contributed by atoms with Gasteiger partial charge in [0.2, 0.25) is 0 Å². The van der Waals surface area contributed by atoms with E-state index in [0.717, 1.165) is 23.3 Å². The standard InChI is InChI=1S/C17H24O2/c1-11(4-16(18)19)3-12(2)17-8-13-5-14(9-17)7-15(6-13)10-17/h3-4,13-15H,5-10H2,1-2H3,(H,18,19)/b11-4+,12-3+. The summed E-state index contributed by atoms with van der Waals surface area (Å²) in [6.07, 6.45) is 11.9. The molecular formula is C17H24O2. The lowest BCUT2D eigenvalue weighted by molar-refractivity contribution is -0.131. The Bertz CT molecular complexity index is 421. The van der Waals surface area contributed by atoms with Crippen LogP contribution >= 0.6 is 0 Å². The van der Waals surface area contributed by atoms with Crippen molar-refractivity contribution in [1.29, 1.82) is 0 Å². The number of carboxylic acid groups (broad SMARTS) is 1. The molecule has 0 unspecified atom stereocenters. The average Bonchev–Trinajstić information content (AvgIpc) is 2.25. The molecule has 4 bridgehead atoms. The highest BCUT2D eigenvalue weighted by molar-refractivity contribution is 5.81. The van der Waals surface area contributed by atoms with Crippen molar-refractivity contribution in [2.24, 2.45) is 23.2 Å². The molecule has 0 aromatic carbocycles. The van der Waals surface area contributed by atoms with E-state index >= 15 is 0 Å². The summed E-state index contributed by atoms with van der Waals surface area (Å²) >= 11 is 0. The molecule has 4 aliphatic carbocycles. The van der Waals surface area contributed by atoms with Gasteiger partial charge in [-0.3, -0.25) is 0 Å². The van der Waals surface area contributed by atoms with Crippen molar-refractivity contribution >= 4 is 5.97 Å². The molecule has 2 heteroatoms. The molecule has 0 amide bonds. The summed E-state index contributed by atoms with van der Waals surface area (Å²) in [4.78, 5) is 10.7. The SMILES string of the molecule is CC(=C\C(=O)O)/C=C(\C)C12CC3CC(CC(C3)C1)C2. The number of carboxylic acids is 1. The molecule has 0 aromatic heterocycles. The van der Waals surface area contributed by atoms with E-state index in [4.69, 9.17) is 5.11 Å². The van der Waals surface area contributed by atoms with Gasteiger partial charge in [-0.05, 0) is 81.1 Å². The maximum Gasteiger partial charge on any atom is 0.328 e. The summed E-state index contributed by atoms with van der Waals surface area (Å²) in [5.74, 6) is 1.99. The lowest BCUT2D eigenvalue weighted by Crippen LogP contribution is -2.46. The second-order valence-corrected chi connectivity index (χ2v) is 7.25. The van der Waals surface area contributed by atoms with Gasteiger partial charge in [0.05, 0.1) is 0 Å². The molecule has 0 heterocycles. The molecule has 19 heavy (non-hydrogen) atoms. The monoisotopic (exact) mass is 260 g/mol. The van der Waals surface area contributed by atoms with E-state index in [0.29, 0.717) is 5.41 Å². The van der Waals surface area contributed by atoms with Gasteiger partial charge in [-0.25, -0.2) is 4.79 Å². The fourth-order valence-corrected chi connectivity index (χ4v) is 5.32. The van der Waals surface area contributed by atoms with Gasteiger partial charge in [0, 0.05) is 6.08 Å². The number of carbonyl (C=O) groups is 1. The highest BCUT2D eigenvalue weighted by atomic mass is 16.4. The van der Waals surface area contributed by atoms with E-state index in [2.05, 4.69) is 13.0 Å². The molecule has 4 aliphatic rings. The average molecular weight is 260 g/mol. The second kappa shape index (κ2) is 4.50. The summed E-state index contributed by atoms with van der Waals surface area (Å²) in [7, 11) is 0. The third kappa shape index (κ3) is 2.37. The molecule has 2 nitrogen and oxygen atoms in total. The highest BCUT2D eigenvalue weighted by Gasteiger charge is 2.51. The van der Waals surface area contributed by atoms with Gasteiger partial charge >= 0.3 is 5.97 Å². The van der Waals surface area contributed by atoms with Crippen LogP contribution in [0.15, 0.2) is 23.3 Å². The summed E-state index contributed by atoms with van der Waals surface area (Å²) in [6, 6.07) is 0. The number of rotatable bonds is 3. The van der Waals surface area contributed by atoms with Crippen molar-refractivity contribution in [3.8, 4) is 0 Å². The Hall–Kier alpha value is -1.05. The zero-order chi connectivity index (χ0) is 13.6. The normalized spacial score (nSPS) is 41.7. The second-order valence-electron chi connectivity index (χ2n) is 7.25. The molecule has 0 radical (unpaired) electrons. The van der Waals surface area contributed by atoms with Crippen LogP contribution < -0.4 is 0 Å². The van der Waals surface area contributed by atoms with Gasteiger partial charge in [-0.2, -0.15) is 0 Å². The van der Waals surface area contributed by atoms with Crippen molar-refractivity contribution < 1.29 is 9.90 Å². The van der Waals surface area contributed by atoms with Crippen LogP contribution in [-0.2, 0) is 4.79 Å². The predicted octanol–water partition coefficient (Wildman–Crippen LogP) is 4.18. The minimum atomic E-state index is -0.841. The fraction of sp³-hybridized carbons (Fsp3) is 0.706. The molecule has 4 fully saturated rings. The lowest BCUT2D eigenvalue weighted by atomic mass is 9.48. The summed E-state index contributed by atoms with van der Waals surface area (Å²) < 4.78 is 0. The van der Waals surface area contributed by atoms with Gasteiger partial charge in [0.15, 0.2) is 0 Å². The Morgan fingerprint density at radius 1 is 1.00 bits per heavy atom. The first-order valence-corrected chi connectivity index (χ1v) is 7.57. The van der Waals surface area contributed by atoms with E-state index in [1.807, 2.05) is 6.92 Å². The third-order valence-corrected chi connectivity index (χ3v) is 5.67. The smallest absolute Gasteiger partial charge is 0.328 e. The van der Waals surface area contributed by atoms with Crippen LogP contribution in [0.4, 0.5) is 0 Å². The van der Waals surface area contributed by atoms with E-state index in [-0.39, 0.29) is 0 Å². The minimum Gasteiger partial charge on any atom is -0.478 e. The van der Waals surface area contributed by atoms with Crippen LogP contribution in [0.2, 0.25) is 0 Å². The van der Waals surface area contributed by atoms with Crippen LogP contribution in [0.3, 0.4) is 0 Å². The summed E-state index contributed by atoms with van der Waals surface area (Å²) in [6.45, 7) is 4.13. The van der Waals surface area contributed by atoms with Crippen LogP contribution in [0.5, 0.6) is 0 Å². The zero-order valence-electron chi connectivity index (χ0n) is 12.0. The van der Waals surface area contributed by atoms with Crippen molar-refractivity contribution in [2.75, 3.05) is 0 Å². The van der Waals surface area contributed by atoms with Crippen LogP contribution in [0, 0.1) is 23.2 Å². The summed E-state index contributed by atoms with van der Waals surface area (Å²) in [5.41, 5.74) is 2.71. The molecule has 0 atom stereocenters. The first kappa shape index (κ1) is 13.0. The van der Waals surface area contributed by atoms with Gasteiger partial charge in [-0.1, -0.05) is 11.6 Å². The van der Waals surface area contributed by atoms with E-state index < -0.39 is 5.97 Å². The van der Waals surface area contributed by atoms with Gasteiger partial charge < -0.3 is 5.11 Å². The Kier molecular flexibility index (Phi) is 3.07. The minimum absolute atomic E-state index is 0.405. The molecule has 0 aliphatic heterocycles. The maximum absolute atomic E-state index is 10.7. The lowest BCUT2D eigenvalue weighted by Gasteiger charge is -2.57. The topological polar surface area (TPSA) is 37.3 Å². The van der Waals surface area contributed by atoms with Crippen LogP contribution in [0.25, 0.3) is 0 Å². The van der Waals surface area contributed by atoms with Crippen molar-refractivity contribution in [1.82, 2.24) is 0 Å². The van der Waals surface area contributed by atoms with Gasteiger partial charge in [-0.15, -0.1) is 0 Å². The zero-order valence-corrected chi connectivity index (χ0v) is 12.0. The van der Waals surface area contributed by atoms with Gasteiger partial charge in [0.1, 0.15) is 0 Å². The molecule has 4 rings (SSSR count). The summed E-state index contributed by atoms with van der Waals surface area (Å²) in [5, 5.41) is 8.83. The highest BCUT2D eigenvalue weighted by Crippen LogP contribution is 2.62. The van der Waals surface area contributed by atoms with Crippen molar-refractivity contribution in [2.45, 2.75) is 52.4 Å². The fourth-order valence-electron chi connectivity index (χ4n) is 5.32. The quantitative estimate of drug-likeness (QED) is 0.610. The largest absolute Gasteiger partial charge is 0.478 e. The number of hydrogen-bond donors (Lipinski definition) is 1. The first-order valence-electron chi connectivity index (χ1n) is 7.57. The molecule has 104 valence electrons. The molecule has 1 N–H and O–H groups in total. The Morgan fingerprint density at radius 3 is 1.89 bits per heavy atom. The molecule has 0 saturated heterocycles. The Morgan fingerprint density at radius 2 is 1.47 bits per heavy atom. The molecule has 0 spiro atoms. The van der Waals surface area contributed by atoms with Crippen molar-refractivity contribution in [3.05, 3.63) is 23.3 Å². The number of hydrogen-bond acceptors (Lipinski definition) is 1. The molecular weight excluding hydrogens is 236 g/mol. The first-order chi connectivity index (χ1) is 8.97. The van der Waals surface area contributed by atoms with E-state index in [1.165, 1.54) is 50.2 Å². The predicted molar refractivity (Wildman–Crippen MR) is 75.8 cm³/mol. The van der Waals surface area contributed by atoms with Crippen molar-refractivity contribution in [3.63, 3.8) is 0 Å². The van der Waals surface area contributed by atoms with Crippen LogP contribution in [-0.4, -0.2) is 11.1 Å². The Labute approximate surface area is 115 Å². The number of aliphatic carboxylic acids is 1.